The second kappa shape index (κ2) is 4.15. The highest BCUT2D eigenvalue weighted by molar-refractivity contribution is 5.74. The lowest BCUT2D eigenvalue weighted by Crippen LogP contribution is -2.61. The van der Waals surface area contributed by atoms with Crippen molar-refractivity contribution in [2.75, 3.05) is 32.7 Å². The molecule has 0 aromatic heterocycles. The van der Waals surface area contributed by atoms with Gasteiger partial charge in [0.1, 0.15) is 0 Å². The SMILES string of the molecule is CC(=O)N1CC2(CCN(CC(F)(F)F)CC2)C1. The molecule has 6 heteroatoms. The summed E-state index contributed by atoms with van der Waals surface area (Å²) in [5.41, 5.74) is 0.105. The van der Waals surface area contributed by atoms with E-state index in [1.807, 2.05) is 0 Å². The quantitative estimate of drug-likeness (QED) is 0.704. The minimum atomic E-state index is -4.10. The first-order valence-electron chi connectivity index (χ1n) is 5.84. The van der Waals surface area contributed by atoms with Crippen LogP contribution in [0.4, 0.5) is 13.2 Å². The van der Waals surface area contributed by atoms with E-state index in [0.29, 0.717) is 13.1 Å². The maximum Gasteiger partial charge on any atom is 0.401 e. The number of halogens is 3. The number of piperidine rings is 1. The lowest BCUT2D eigenvalue weighted by Gasteiger charge is -2.53. The van der Waals surface area contributed by atoms with Crippen LogP contribution in [0.25, 0.3) is 0 Å². The van der Waals surface area contributed by atoms with Crippen LogP contribution in [0.3, 0.4) is 0 Å². The molecular formula is C11H17F3N2O. The summed E-state index contributed by atoms with van der Waals surface area (Å²) < 4.78 is 36.6. The van der Waals surface area contributed by atoms with Crippen molar-refractivity contribution in [3.8, 4) is 0 Å². The molecule has 3 nitrogen and oxygen atoms in total. The van der Waals surface area contributed by atoms with Crippen LogP contribution in [0, 0.1) is 5.41 Å². The van der Waals surface area contributed by atoms with Crippen LogP contribution < -0.4 is 0 Å². The molecule has 2 aliphatic heterocycles. The lowest BCUT2D eigenvalue weighted by molar-refractivity contribution is -0.159. The van der Waals surface area contributed by atoms with Crippen LogP contribution in [0.2, 0.25) is 0 Å². The van der Waals surface area contributed by atoms with E-state index in [1.165, 1.54) is 11.8 Å². The van der Waals surface area contributed by atoms with E-state index >= 15 is 0 Å². The average Bonchev–Trinajstić information content (AvgIpc) is 2.12. The highest BCUT2D eigenvalue weighted by Gasteiger charge is 2.46. The van der Waals surface area contributed by atoms with Crippen molar-refractivity contribution in [1.29, 1.82) is 0 Å². The van der Waals surface area contributed by atoms with Crippen molar-refractivity contribution < 1.29 is 18.0 Å². The molecule has 0 radical (unpaired) electrons. The highest BCUT2D eigenvalue weighted by atomic mass is 19.4. The summed E-state index contributed by atoms with van der Waals surface area (Å²) >= 11 is 0. The van der Waals surface area contributed by atoms with E-state index in [-0.39, 0.29) is 11.3 Å². The molecule has 1 spiro atoms. The Morgan fingerprint density at radius 2 is 1.76 bits per heavy atom. The smallest absolute Gasteiger partial charge is 0.342 e. The molecule has 0 aliphatic carbocycles. The molecule has 2 rings (SSSR count). The molecule has 2 heterocycles. The van der Waals surface area contributed by atoms with Gasteiger partial charge in [-0.1, -0.05) is 0 Å². The van der Waals surface area contributed by atoms with E-state index in [9.17, 15) is 18.0 Å². The van der Waals surface area contributed by atoms with Gasteiger partial charge in [-0.05, 0) is 25.9 Å². The van der Waals surface area contributed by atoms with Crippen LogP contribution in [0.1, 0.15) is 19.8 Å². The van der Waals surface area contributed by atoms with Crippen LogP contribution in [-0.4, -0.2) is 54.6 Å². The van der Waals surface area contributed by atoms with E-state index in [1.54, 1.807) is 4.90 Å². The van der Waals surface area contributed by atoms with Gasteiger partial charge in [0.15, 0.2) is 0 Å². The van der Waals surface area contributed by atoms with Crippen LogP contribution >= 0.6 is 0 Å². The van der Waals surface area contributed by atoms with Crippen LogP contribution in [0.15, 0.2) is 0 Å². The van der Waals surface area contributed by atoms with E-state index < -0.39 is 12.7 Å². The zero-order valence-corrected chi connectivity index (χ0v) is 9.89. The van der Waals surface area contributed by atoms with Gasteiger partial charge in [-0.3, -0.25) is 9.69 Å². The van der Waals surface area contributed by atoms with Gasteiger partial charge < -0.3 is 4.90 Å². The lowest BCUT2D eigenvalue weighted by atomic mass is 9.72. The number of amides is 1. The van der Waals surface area contributed by atoms with Crippen molar-refractivity contribution >= 4 is 5.91 Å². The first-order valence-corrected chi connectivity index (χ1v) is 5.84. The van der Waals surface area contributed by atoms with Gasteiger partial charge in [0, 0.05) is 25.4 Å². The summed E-state index contributed by atoms with van der Waals surface area (Å²) in [5.74, 6) is 0.0633. The maximum absolute atomic E-state index is 12.2. The minimum absolute atomic E-state index is 0.0633. The zero-order chi connectivity index (χ0) is 12.7. The minimum Gasteiger partial charge on any atom is -0.342 e. The molecule has 2 aliphatic rings. The second-order valence-corrected chi connectivity index (χ2v) is 5.27. The predicted molar refractivity (Wildman–Crippen MR) is 56.4 cm³/mol. The van der Waals surface area contributed by atoms with Crippen molar-refractivity contribution in [2.45, 2.75) is 25.9 Å². The number of nitrogens with zero attached hydrogens (tertiary/aromatic N) is 2. The normalized spacial score (nSPS) is 24.8. The molecule has 0 bridgehead atoms. The van der Waals surface area contributed by atoms with E-state index in [4.69, 9.17) is 0 Å². The summed E-state index contributed by atoms with van der Waals surface area (Å²) in [6.45, 7) is 3.16. The van der Waals surface area contributed by atoms with Gasteiger partial charge in [0.05, 0.1) is 6.54 Å². The Labute approximate surface area is 98.6 Å². The fourth-order valence-corrected chi connectivity index (χ4v) is 2.74. The second-order valence-electron chi connectivity index (χ2n) is 5.27. The van der Waals surface area contributed by atoms with Gasteiger partial charge in [-0.15, -0.1) is 0 Å². The number of hydrogen-bond acceptors (Lipinski definition) is 2. The molecule has 98 valence electrons. The number of likely N-dealkylation sites (tertiary alicyclic amines) is 2. The number of rotatable bonds is 1. The molecule has 0 aromatic carbocycles. The molecule has 0 N–H and O–H groups in total. The van der Waals surface area contributed by atoms with E-state index in [2.05, 4.69) is 0 Å². The van der Waals surface area contributed by atoms with Gasteiger partial charge in [0.25, 0.3) is 0 Å². The van der Waals surface area contributed by atoms with Gasteiger partial charge in [-0.25, -0.2) is 0 Å². The van der Waals surface area contributed by atoms with Crippen molar-refractivity contribution in [3.05, 3.63) is 0 Å². The van der Waals surface area contributed by atoms with E-state index in [0.717, 1.165) is 25.9 Å². The number of alkyl halides is 3. The Morgan fingerprint density at radius 1 is 1.24 bits per heavy atom. The summed E-state index contributed by atoms with van der Waals surface area (Å²) in [6.07, 6.45) is -2.56. The fourth-order valence-electron chi connectivity index (χ4n) is 2.74. The molecule has 0 unspecified atom stereocenters. The first kappa shape index (κ1) is 12.7. The zero-order valence-electron chi connectivity index (χ0n) is 9.89. The highest BCUT2D eigenvalue weighted by Crippen LogP contribution is 2.40. The van der Waals surface area contributed by atoms with Gasteiger partial charge in [0.2, 0.25) is 5.91 Å². The topological polar surface area (TPSA) is 23.6 Å². The van der Waals surface area contributed by atoms with Gasteiger partial charge in [-0.2, -0.15) is 13.2 Å². The Morgan fingerprint density at radius 3 is 2.18 bits per heavy atom. The number of carbonyl (C=O) groups excluding carboxylic acids is 1. The van der Waals surface area contributed by atoms with Crippen LogP contribution in [0.5, 0.6) is 0 Å². The van der Waals surface area contributed by atoms with Crippen molar-refractivity contribution in [1.82, 2.24) is 9.80 Å². The Hall–Kier alpha value is -0.780. The monoisotopic (exact) mass is 250 g/mol. The summed E-state index contributed by atoms with van der Waals surface area (Å²) in [6, 6.07) is 0. The third-order valence-corrected chi connectivity index (χ3v) is 3.82. The maximum atomic E-state index is 12.2. The van der Waals surface area contributed by atoms with Crippen molar-refractivity contribution in [3.63, 3.8) is 0 Å². The average molecular weight is 250 g/mol. The Kier molecular flexibility index (Phi) is 3.10. The molecular weight excluding hydrogens is 233 g/mol. The first-order chi connectivity index (χ1) is 7.80. The molecule has 0 saturated carbocycles. The van der Waals surface area contributed by atoms with Crippen molar-refractivity contribution in [2.24, 2.45) is 5.41 Å². The standard InChI is InChI=1S/C11H17F3N2O/c1-9(17)16-6-10(7-16)2-4-15(5-3-10)8-11(12,13)14/h2-8H2,1H3. The largest absolute Gasteiger partial charge is 0.401 e. The number of hydrogen-bond donors (Lipinski definition) is 0. The van der Waals surface area contributed by atoms with Gasteiger partial charge >= 0.3 is 6.18 Å². The third kappa shape index (κ3) is 2.91. The predicted octanol–water partition coefficient (Wildman–Crippen LogP) is 1.49. The third-order valence-electron chi connectivity index (χ3n) is 3.82. The van der Waals surface area contributed by atoms with Crippen LogP contribution in [-0.2, 0) is 4.79 Å². The summed E-state index contributed by atoms with van der Waals surface area (Å²) in [5, 5.41) is 0. The Balaban J connectivity index is 1.78. The molecule has 0 aromatic rings. The molecule has 17 heavy (non-hydrogen) atoms. The molecule has 2 saturated heterocycles. The summed E-state index contributed by atoms with van der Waals surface area (Å²) in [7, 11) is 0. The fraction of sp³-hybridized carbons (Fsp3) is 0.909. The molecule has 1 amide bonds. The summed E-state index contributed by atoms with van der Waals surface area (Å²) in [4.78, 5) is 14.3. The molecule has 0 atom stereocenters. The number of carbonyl (C=O) groups is 1. The molecule has 2 fully saturated rings. The Bertz CT molecular complexity index is 300.